The van der Waals surface area contributed by atoms with Crippen molar-refractivity contribution in [3.8, 4) is 5.75 Å². The molecule has 2 aromatic carbocycles. The van der Waals surface area contributed by atoms with E-state index in [1.165, 1.54) is 30.3 Å². The molecule has 0 aliphatic heterocycles. The Labute approximate surface area is 108 Å². The van der Waals surface area contributed by atoms with Gasteiger partial charge in [-0.1, -0.05) is 18.2 Å². The van der Waals surface area contributed by atoms with Crippen molar-refractivity contribution in [2.75, 3.05) is 6.54 Å². The maximum Gasteiger partial charge on any atom is 0.200 e. The predicted octanol–water partition coefficient (Wildman–Crippen LogP) is 3.18. The maximum atomic E-state index is 13.5. The molecule has 0 aliphatic carbocycles. The Hall–Kier alpha value is -2.01. The van der Waals surface area contributed by atoms with E-state index in [1.807, 2.05) is 0 Å². The Morgan fingerprint density at radius 1 is 1.05 bits per heavy atom. The van der Waals surface area contributed by atoms with Gasteiger partial charge in [-0.05, 0) is 29.8 Å². The maximum absolute atomic E-state index is 13.5. The standard InChI is InChI=1S/C14H12F3NO/c15-10-4-1-3-9(7-10)13(8-18)19-12-6-2-5-11(16)14(12)17/h1-7,13H,8,18H2. The number of rotatable bonds is 4. The number of halogens is 3. The van der Waals surface area contributed by atoms with Crippen molar-refractivity contribution in [3.63, 3.8) is 0 Å². The summed E-state index contributed by atoms with van der Waals surface area (Å²) in [5.41, 5.74) is 5.99. The summed E-state index contributed by atoms with van der Waals surface area (Å²) in [7, 11) is 0. The van der Waals surface area contributed by atoms with Gasteiger partial charge in [0.2, 0.25) is 5.82 Å². The van der Waals surface area contributed by atoms with Crippen molar-refractivity contribution >= 4 is 0 Å². The summed E-state index contributed by atoms with van der Waals surface area (Å²) in [6, 6.07) is 9.24. The van der Waals surface area contributed by atoms with Crippen molar-refractivity contribution in [2.45, 2.75) is 6.10 Å². The van der Waals surface area contributed by atoms with Gasteiger partial charge in [0.25, 0.3) is 0 Å². The van der Waals surface area contributed by atoms with Crippen LogP contribution in [0.4, 0.5) is 13.2 Å². The molecule has 2 nitrogen and oxygen atoms in total. The van der Waals surface area contributed by atoms with Crippen LogP contribution >= 0.6 is 0 Å². The summed E-state index contributed by atoms with van der Waals surface area (Å²) in [4.78, 5) is 0. The van der Waals surface area contributed by atoms with Gasteiger partial charge in [-0.25, -0.2) is 8.78 Å². The highest BCUT2D eigenvalue weighted by atomic mass is 19.2. The largest absolute Gasteiger partial charge is 0.481 e. The van der Waals surface area contributed by atoms with E-state index in [2.05, 4.69) is 0 Å². The minimum atomic E-state index is -1.09. The second-order valence-electron chi connectivity index (χ2n) is 3.95. The Kier molecular flexibility index (Phi) is 4.06. The lowest BCUT2D eigenvalue weighted by molar-refractivity contribution is 0.201. The molecule has 0 aliphatic rings. The molecule has 0 saturated carbocycles. The van der Waals surface area contributed by atoms with E-state index in [-0.39, 0.29) is 12.3 Å². The first-order chi connectivity index (χ1) is 9.11. The van der Waals surface area contributed by atoms with Crippen LogP contribution in [0.3, 0.4) is 0 Å². The van der Waals surface area contributed by atoms with Gasteiger partial charge >= 0.3 is 0 Å². The molecule has 1 unspecified atom stereocenters. The number of hydrogen-bond donors (Lipinski definition) is 1. The molecule has 0 heterocycles. The normalized spacial score (nSPS) is 12.2. The summed E-state index contributed by atoms with van der Waals surface area (Å²) in [6.07, 6.45) is -0.744. The lowest BCUT2D eigenvalue weighted by Crippen LogP contribution is -2.19. The predicted molar refractivity (Wildman–Crippen MR) is 65.2 cm³/mol. The Bertz CT molecular complexity index is 574. The molecule has 0 aromatic heterocycles. The molecule has 100 valence electrons. The van der Waals surface area contributed by atoms with Crippen molar-refractivity contribution in [2.24, 2.45) is 5.73 Å². The molecule has 0 saturated heterocycles. The molecule has 0 radical (unpaired) electrons. The van der Waals surface area contributed by atoms with E-state index in [1.54, 1.807) is 6.07 Å². The highest BCUT2D eigenvalue weighted by Crippen LogP contribution is 2.25. The molecule has 0 bridgehead atoms. The van der Waals surface area contributed by atoms with Crippen LogP contribution in [0, 0.1) is 17.5 Å². The third kappa shape index (κ3) is 3.06. The fraction of sp³-hybridized carbons (Fsp3) is 0.143. The third-order valence-electron chi connectivity index (χ3n) is 2.62. The summed E-state index contributed by atoms with van der Waals surface area (Å²) < 4.78 is 45.0. The molecular weight excluding hydrogens is 255 g/mol. The Morgan fingerprint density at radius 2 is 1.79 bits per heavy atom. The fourth-order valence-electron chi connectivity index (χ4n) is 1.69. The van der Waals surface area contributed by atoms with Crippen molar-refractivity contribution in [1.82, 2.24) is 0 Å². The van der Waals surface area contributed by atoms with Crippen LogP contribution in [-0.2, 0) is 0 Å². The highest BCUT2D eigenvalue weighted by molar-refractivity contribution is 5.27. The number of hydrogen-bond acceptors (Lipinski definition) is 2. The summed E-state index contributed by atoms with van der Waals surface area (Å²) in [6.45, 7) is 0.0133. The van der Waals surface area contributed by atoms with E-state index in [0.29, 0.717) is 5.56 Å². The van der Waals surface area contributed by atoms with E-state index in [4.69, 9.17) is 10.5 Å². The van der Waals surface area contributed by atoms with Gasteiger partial charge in [-0.3, -0.25) is 0 Å². The van der Waals surface area contributed by atoms with Gasteiger partial charge in [0.1, 0.15) is 11.9 Å². The quantitative estimate of drug-likeness (QED) is 0.923. The Morgan fingerprint density at radius 3 is 2.47 bits per heavy atom. The summed E-state index contributed by atoms with van der Waals surface area (Å²) in [5, 5.41) is 0. The van der Waals surface area contributed by atoms with Gasteiger partial charge in [0.05, 0.1) is 0 Å². The first-order valence-electron chi connectivity index (χ1n) is 5.68. The van der Waals surface area contributed by atoms with Crippen LogP contribution in [0.2, 0.25) is 0 Å². The molecule has 19 heavy (non-hydrogen) atoms. The second kappa shape index (κ2) is 5.75. The minimum Gasteiger partial charge on any atom is -0.481 e. The van der Waals surface area contributed by atoms with Gasteiger partial charge in [0.15, 0.2) is 11.6 Å². The zero-order valence-electron chi connectivity index (χ0n) is 9.95. The lowest BCUT2D eigenvalue weighted by Gasteiger charge is -2.18. The molecule has 2 rings (SSSR count). The number of nitrogens with two attached hydrogens (primary N) is 1. The van der Waals surface area contributed by atoms with Gasteiger partial charge < -0.3 is 10.5 Å². The van der Waals surface area contributed by atoms with Gasteiger partial charge in [0, 0.05) is 6.54 Å². The summed E-state index contributed by atoms with van der Waals surface area (Å²) >= 11 is 0. The summed E-state index contributed by atoms with van der Waals surface area (Å²) in [5.74, 6) is -2.79. The van der Waals surface area contributed by atoms with Crippen LogP contribution < -0.4 is 10.5 Å². The first kappa shape index (κ1) is 13.4. The molecular formula is C14H12F3NO. The number of benzene rings is 2. The molecule has 5 heteroatoms. The van der Waals surface area contributed by atoms with Crippen LogP contribution in [-0.4, -0.2) is 6.54 Å². The number of ether oxygens (including phenoxy) is 1. The topological polar surface area (TPSA) is 35.2 Å². The first-order valence-corrected chi connectivity index (χ1v) is 5.68. The van der Waals surface area contributed by atoms with E-state index >= 15 is 0 Å². The monoisotopic (exact) mass is 267 g/mol. The molecule has 0 fully saturated rings. The molecule has 0 amide bonds. The van der Waals surface area contributed by atoms with Gasteiger partial charge in [-0.15, -0.1) is 0 Å². The third-order valence-corrected chi connectivity index (χ3v) is 2.62. The van der Waals surface area contributed by atoms with Crippen LogP contribution in [0.5, 0.6) is 5.75 Å². The average molecular weight is 267 g/mol. The van der Waals surface area contributed by atoms with Crippen LogP contribution in [0.15, 0.2) is 42.5 Å². The molecule has 2 N–H and O–H groups in total. The van der Waals surface area contributed by atoms with Crippen molar-refractivity contribution in [3.05, 3.63) is 65.5 Å². The van der Waals surface area contributed by atoms with Crippen LogP contribution in [0.1, 0.15) is 11.7 Å². The molecule has 1 atom stereocenters. The lowest BCUT2D eigenvalue weighted by atomic mass is 10.1. The van der Waals surface area contributed by atoms with E-state index in [0.717, 1.165) is 6.07 Å². The Balaban J connectivity index is 2.26. The fourth-order valence-corrected chi connectivity index (χ4v) is 1.69. The van der Waals surface area contributed by atoms with Crippen molar-refractivity contribution < 1.29 is 17.9 Å². The zero-order chi connectivity index (χ0) is 13.8. The molecule has 0 spiro atoms. The zero-order valence-corrected chi connectivity index (χ0v) is 9.95. The molecule has 2 aromatic rings. The highest BCUT2D eigenvalue weighted by Gasteiger charge is 2.16. The average Bonchev–Trinajstić information content (AvgIpc) is 2.40. The minimum absolute atomic E-state index is 0.0133. The smallest absolute Gasteiger partial charge is 0.200 e. The SMILES string of the molecule is NCC(Oc1cccc(F)c1F)c1cccc(F)c1. The second-order valence-corrected chi connectivity index (χ2v) is 3.95. The van der Waals surface area contributed by atoms with E-state index < -0.39 is 23.6 Å². The van der Waals surface area contributed by atoms with E-state index in [9.17, 15) is 13.2 Å². The van der Waals surface area contributed by atoms with Gasteiger partial charge in [-0.2, -0.15) is 4.39 Å². The van der Waals surface area contributed by atoms with Crippen LogP contribution in [0.25, 0.3) is 0 Å². The van der Waals surface area contributed by atoms with Crippen molar-refractivity contribution in [1.29, 1.82) is 0 Å².